The van der Waals surface area contributed by atoms with E-state index in [9.17, 15) is 22.9 Å². The summed E-state index contributed by atoms with van der Waals surface area (Å²) in [5, 5.41) is 8.74. The molecule has 2 amide bonds. The van der Waals surface area contributed by atoms with E-state index in [0.717, 1.165) is 48.6 Å². The Bertz CT molecular complexity index is 865. The molecule has 2 aromatic rings. The molecular weight excluding hydrogens is 393 g/mol. The molecular formula is C18H19F3N4O2S. The third-order valence-electron chi connectivity index (χ3n) is 4.61. The molecule has 1 aliphatic heterocycles. The van der Waals surface area contributed by atoms with Crippen LogP contribution >= 0.6 is 11.3 Å². The topological polar surface area (TPSA) is 73.8 Å². The number of halogens is 3. The quantitative estimate of drug-likeness (QED) is 0.675. The van der Waals surface area contributed by atoms with Crippen LogP contribution in [0.25, 0.3) is 0 Å². The number of benzene rings is 1. The molecule has 0 saturated heterocycles. The fourth-order valence-electron chi connectivity index (χ4n) is 3.13. The molecule has 2 N–H and O–H groups in total. The van der Waals surface area contributed by atoms with Crippen LogP contribution in [0.2, 0.25) is 0 Å². The number of urea groups is 1. The van der Waals surface area contributed by atoms with E-state index in [1.807, 2.05) is 0 Å². The lowest BCUT2D eigenvalue weighted by atomic mass is 10.0. The summed E-state index contributed by atoms with van der Waals surface area (Å²) in [6, 6.07) is 3.60. The lowest BCUT2D eigenvalue weighted by molar-refractivity contribution is -0.137. The number of alkyl halides is 3. The second-order valence-electron chi connectivity index (χ2n) is 6.37. The van der Waals surface area contributed by atoms with E-state index in [1.165, 1.54) is 23.5 Å². The molecule has 0 atom stereocenters. The summed E-state index contributed by atoms with van der Waals surface area (Å²) in [6.07, 6.45) is -3.65. The van der Waals surface area contributed by atoms with Crippen molar-refractivity contribution in [3.63, 3.8) is 0 Å². The fourth-order valence-corrected chi connectivity index (χ4v) is 4.43. The maximum absolute atomic E-state index is 12.6. The van der Waals surface area contributed by atoms with Gasteiger partial charge in [-0.2, -0.15) is 18.1 Å². The summed E-state index contributed by atoms with van der Waals surface area (Å²) in [4.78, 5) is 26.5. The van der Waals surface area contributed by atoms with Crippen LogP contribution in [0, 0.1) is 4.91 Å². The number of rotatable bonds is 5. The number of likely N-dealkylation sites (N-methyl/N-ethyl adjacent to an activating group) is 1. The minimum absolute atomic E-state index is 0.0339. The molecule has 0 bridgehead atoms. The van der Waals surface area contributed by atoms with Gasteiger partial charge in [-0.15, -0.1) is 11.3 Å². The van der Waals surface area contributed by atoms with E-state index < -0.39 is 17.8 Å². The highest BCUT2D eigenvalue weighted by atomic mass is 32.1. The molecule has 1 aromatic heterocycles. The Morgan fingerprint density at radius 1 is 1.25 bits per heavy atom. The highest BCUT2D eigenvalue weighted by Gasteiger charge is 2.30. The second-order valence-corrected chi connectivity index (χ2v) is 7.48. The Morgan fingerprint density at radius 2 is 1.96 bits per heavy atom. The number of anilines is 2. The van der Waals surface area contributed by atoms with Gasteiger partial charge in [0.15, 0.2) is 0 Å². The van der Waals surface area contributed by atoms with Gasteiger partial charge in [-0.3, -0.25) is 10.2 Å². The van der Waals surface area contributed by atoms with Crippen molar-refractivity contribution >= 4 is 28.1 Å². The normalized spacial score (nSPS) is 14.4. The smallest absolute Gasteiger partial charge is 0.308 e. The van der Waals surface area contributed by atoms with E-state index in [1.54, 1.807) is 0 Å². The van der Waals surface area contributed by atoms with Crippen LogP contribution < -0.4 is 10.6 Å². The summed E-state index contributed by atoms with van der Waals surface area (Å²) in [5.41, 5.74) is 1.22. The van der Waals surface area contributed by atoms with Crippen molar-refractivity contribution < 1.29 is 18.0 Å². The molecule has 0 fully saturated rings. The SMILES string of the molecule is CCN1CCc2c(sc(NC(=O)Nc3ccc(C(F)(F)F)cc3)c2CN=O)C1. The highest BCUT2D eigenvalue weighted by Crippen LogP contribution is 2.37. The zero-order chi connectivity index (χ0) is 20.3. The first kappa shape index (κ1) is 20.3. The lowest BCUT2D eigenvalue weighted by Crippen LogP contribution is -2.29. The number of nitroso groups, excluding NO2 is 1. The third kappa shape index (κ3) is 4.50. The monoisotopic (exact) mass is 412 g/mol. The van der Waals surface area contributed by atoms with Crippen LogP contribution in [0.15, 0.2) is 29.4 Å². The molecule has 1 aliphatic rings. The molecule has 28 heavy (non-hydrogen) atoms. The van der Waals surface area contributed by atoms with Crippen molar-refractivity contribution in [1.29, 1.82) is 0 Å². The van der Waals surface area contributed by atoms with E-state index in [0.29, 0.717) is 10.6 Å². The molecule has 0 radical (unpaired) electrons. The second kappa shape index (κ2) is 8.27. The minimum atomic E-state index is -4.43. The van der Waals surface area contributed by atoms with Crippen molar-refractivity contribution in [2.45, 2.75) is 32.6 Å². The Labute approximate surface area is 163 Å². The highest BCUT2D eigenvalue weighted by molar-refractivity contribution is 7.16. The van der Waals surface area contributed by atoms with Gasteiger partial charge in [0.05, 0.1) is 5.56 Å². The molecule has 3 rings (SSSR count). The van der Waals surface area contributed by atoms with Gasteiger partial charge < -0.3 is 5.32 Å². The van der Waals surface area contributed by atoms with Crippen LogP contribution in [0.4, 0.5) is 28.7 Å². The molecule has 0 spiro atoms. The Morgan fingerprint density at radius 3 is 2.57 bits per heavy atom. The number of carbonyl (C=O) groups excluding carboxylic acids is 1. The average molecular weight is 412 g/mol. The maximum Gasteiger partial charge on any atom is 0.416 e. The number of nitrogens with zero attached hydrogens (tertiary/aromatic N) is 2. The maximum atomic E-state index is 12.6. The van der Waals surface area contributed by atoms with Crippen molar-refractivity contribution in [1.82, 2.24) is 4.90 Å². The Kier molecular flexibility index (Phi) is 5.99. The molecule has 10 heteroatoms. The van der Waals surface area contributed by atoms with Gasteiger partial charge in [0.1, 0.15) is 11.5 Å². The average Bonchev–Trinajstić information content (AvgIpc) is 2.98. The number of thiophene rings is 1. The molecule has 0 saturated carbocycles. The minimum Gasteiger partial charge on any atom is -0.308 e. The van der Waals surface area contributed by atoms with Gasteiger partial charge >= 0.3 is 12.2 Å². The molecule has 6 nitrogen and oxygen atoms in total. The molecule has 0 aliphatic carbocycles. The van der Waals surface area contributed by atoms with Gasteiger partial charge in [-0.25, -0.2) is 4.79 Å². The standard InChI is InChI=1S/C18H19F3N4O2S/c1-2-25-8-7-13-14(9-22-27)16(28-15(13)10-25)24-17(26)23-12-5-3-11(4-6-12)18(19,20)21/h3-6H,2,7-10H2,1H3,(H2,23,24,26). The zero-order valence-electron chi connectivity index (χ0n) is 15.1. The van der Waals surface area contributed by atoms with Crippen LogP contribution in [-0.2, 0) is 25.7 Å². The molecule has 0 unspecified atom stereocenters. The first-order valence-electron chi connectivity index (χ1n) is 8.72. The van der Waals surface area contributed by atoms with E-state index in [4.69, 9.17) is 0 Å². The largest absolute Gasteiger partial charge is 0.416 e. The van der Waals surface area contributed by atoms with Gasteiger partial charge in [0.2, 0.25) is 0 Å². The number of hydrogen-bond acceptors (Lipinski definition) is 5. The van der Waals surface area contributed by atoms with Gasteiger partial charge in [-0.1, -0.05) is 12.1 Å². The van der Waals surface area contributed by atoms with Gasteiger partial charge in [-0.05, 0) is 42.8 Å². The summed E-state index contributed by atoms with van der Waals surface area (Å²) >= 11 is 1.40. The summed E-state index contributed by atoms with van der Waals surface area (Å²) in [6.45, 7) is 4.58. The Hall–Kier alpha value is -2.46. The zero-order valence-corrected chi connectivity index (χ0v) is 15.9. The van der Waals surface area contributed by atoms with Crippen molar-refractivity contribution in [2.75, 3.05) is 23.7 Å². The first-order chi connectivity index (χ1) is 13.3. The summed E-state index contributed by atoms with van der Waals surface area (Å²) < 4.78 is 37.8. The molecule has 150 valence electrons. The van der Waals surface area contributed by atoms with Crippen molar-refractivity contribution in [2.24, 2.45) is 5.18 Å². The van der Waals surface area contributed by atoms with Gasteiger partial charge in [0.25, 0.3) is 0 Å². The van der Waals surface area contributed by atoms with Gasteiger partial charge in [0, 0.05) is 29.2 Å². The predicted molar refractivity (Wildman–Crippen MR) is 103 cm³/mol. The van der Waals surface area contributed by atoms with Crippen LogP contribution in [0.3, 0.4) is 0 Å². The first-order valence-corrected chi connectivity index (χ1v) is 9.53. The number of hydrogen-bond donors (Lipinski definition) is 2. The number of amides is 2. The number of nitrogens with one attached hydrogen (secondary N) is 2. The summed E-state index contributed by atoms with van der Waals surface area (Å²) in [7, 11) is 0. The molecule has 2 heterocycles. The van der Waals surface area contributed by atoms with Crippen LogP contribution in [0.5, 0.6) is 0 Å². The lowest BCUT2D eigenvalue weighted by Gasteiger charge is -2.25. The predicted octanol–water partition coefficient (Wildman–Crippen LogP) is 5.06. The van der Waals surface area contributed by atoms with E-state index in [2.05, 4.69) is 27.6 Å². The van der Waals surface area contributed by atoms with E-state index in [-0.39, 0.29) is 12.2 Å². The summed E-state index contributed by atoms with van der Waals surface area (Å²) in [5.74, 6) is 0. The molecule has 1 aromatic carbocycles. The van der Waals surface area contributed by atoms with Crippen molar-refractivity contribution in [3.05, 3.63) is 50.7 Å². The number of carbonyl (C=O) groups is 1. The third-order valence-corrected chi connectivity index (χ3v) is 5.79. The van der Waals surface area contributed by atoms with Crippen molar-refractivity contribution in [3.8, 4) is 0 Å². The van der Waals surface area contributed by atoms with Crippen LogP contribution in [-0.4, -0.2) is 24.0 Å². The fraction of sp³-hybridized carbons (Fsp3) is 0.389. The van der Waals surface area contributed by atoms with E-state index >= 15 is 0 Å². The Balaban J connectivity index is 1.73. The van der Waals surface area contributed by atoms with Crippen LogP contribution in [0.1, 0.15) is 28.5 Å². The number of fused-ring (bicyclic) bond motifs is 1.